The molecule has 0 saturated carbocycles. The van der Waals surface area contributed by atoms with E-state index in [2.05, 4.69) is 15.1 Å². The van der Waals surface area contributed by atoms with Gasteiger partial charge in [0.15, 0.2) is 0 Å². The van der Waals surface area contributed by atoms with Gasteiger partial charge >= 0.3 is 0 Å². The number of hydrogen-bond acceptors (Lipinski definition) is 4. The van der Waals surface area contributed by atoms with Crippen molar-refractivity contribution in [2.75, 3.05) is 6.54 Å². The van der Waals surface area contributed by atoms with Gasteiger partial charge in [0, 0.05) is 18.3 Å². The highest BCUT2D eigenvalue weighted by molar-refractivity contribution is 5.97. The van der Waals surface area contributed by atoms with Crippen molar-refractivity contribution in [3.8, 4) is 0 Å². The average molecular weight is 349 g/mol. The van der Waals surface area contributed by atoms with Gasteiger partial charge < -0.3 is 4.90 Å². The highest BCUT2D eigenvalue weighted by Gasteiger charge is 2.30. The van der Waals surface area contributed by atoms with Crippen LogP contribution >= 0.6 is 0 Å². The number of nitrogens with zero attached hydrogens (tertiary/aromatic N) is 5. The van der Waals surface area contributed by atoms with Crippen molar-refractivity contribution >= 4 is 16.9 Å². The summed E-state index contributed by atoms with van der Waals surface area (Å²) in [4.78, 5) is 24.2. The minimum absolute atomic E-state index is 0.0679. The Bertz CT molecular complexity index is 977. The topological polar surface area (TPSA) is 63.9 Å². The molecule has 3 aromatic rings. The van der Waals surface area contributed by atoms with E-state index < -0.39 is 0 Å². The fraction of sp³-hybridized carbons (Fsp3) is 0.400. The van der Waals surface area contributed by atoms with Gasteiger partial charge in [-0.05, 0) is 57.4 Å². The summed E-state index contributed by atoms with van der Waals surface area (Å²) in [7, 11) is 0. The number of fused-ring (bicyclic) bond motifs is 1. The largest absolute Gasteiger partial charge is 0.334 e. The van der Waals surface area contributed by atoms with Gasteiger partial charge in [0.05, 0.1) is 41.2 Å². The third-order valence-electron chi connectivity index (χ3n) is 5.12. The highest BCUT2D eigenvalue weighted by atomic mass is 16.2. The van der Waals surface area contributed by atoms with Crippen LogP contribution in [-0.4, -0.2) is 43.1 Å². The average Bonchev–Trinajstić information content (AvgIpc) is 3.24. The summed E-state index contributed by atoms with van der Waals surface area (Å²) in [5.41, 5.74) is 5.24. The predicted molar refractivity (Wildman–Crippen MR) is 100 cm³/mol. The summed E-state index contributed by atoms with van der Waals surface area (Å²) in [5.74, 6) is 0.0679. The molecule has 1 aromatic carbocycles. The molecule has 26 heavy (non-hydrogen) atoms. The summed E-state index contributed by atoms with van der Waals surface area (Å²) >= 11 is 0. The summed E-state index contributed by atoms with van der Waals surface area (Å²) in [6, 6.07) is 5.80. The molecule has 0 unspecified atom stereocenters. The molecule has 1 atom stereocenters. The zero-order chi connectivity index (χ0) is 18.3. The fourth-order valence-corrected chi connectivity index (χ4v) is 3.61. The number of benzene rings is 1. The van der Waals surface area contributed by atoms with Crippen molar-refractivity contribution in [1.82, 2.24) is 24.6 Å². The third-order valence-corrected chi connectivity index (χ3v) is 5.12. The van der Waals surface area contributed by atoms with E-state index in [9.17, 15) is 4.79 Å². The summed E-state index contributed by atoms with van der Waals surface area (Å²) in [6.45, 7) is 7.46. The summed E-state index contributed by atoms with van der Waals surface area (Å²) in [5, 5.41) is 4.37. The number of likely N-dealkylation sites (tertiary alicyclic amines) is 1. The van der Waals surface area contributed by atoms with Gasteiger partial charge in [-0.2, -0.15) is 5.10 Å². The molecular weight excluding hydrogens is 326 g/mol. The van der Waals surface area contributed by atoms with Crippen LogP contribution in [0.25, 0.3) is 11.0 Å². The van der Waals surface area contributed by atoms with Crippen LogP contribution in [0.15, 0.2) is 30.6 Å². The standard InChI is InChI=1S/C20H23N5O/c1-13-10-21-24(11-13)12-17-5-4-8-25(17)20(26)16-6-7-18-19(9-16)23-15(3)14(2)22-18/h6-7,9-11,17H,4-5,8,12H2,1-3H3/t17-/m0/s1. The molecule has 0 spiro atoms. The minimum atomic E-state index is 0.0679. The maximum absolute atomic E-state index is 13.1. The maximum atomic E-state index is 13.1. The highest BCUT2D eigenvalue weighted by Crippen LogP contribution is 2.23. The van der Waals surface area contributed by atoms with E-state index in [0.717, 1.165) is 53.9 Å². The monoisotopic (exact) mass is 349 g/mol. The Kier molecular flexibility index (Phi) is 4.18. The number of hydrogen-bond donors (Lipinski definition) is 0. The quantitative estimate of drug-likeness (QED) is 0.729. The number of aromatic nitrogens is 4. The SMILES string of the molecule is Cc1cnn(C[C@@H]2CCCN2C(=O)c2ccc3nc(C)c(C)nc3c2)c1. The van der Waals surface area contributed by atoms with Crippen molar-refractivity contribution in [2.24, 2.45) is 0 Å². The molecule has 6 nitrogen and oxygen atoms in total. The molecule has 0 aliphatic carbocycles. The smallest absolute Gasteiger partial charge is 0.254 e. The molecule has 1 fully saturated rings. The first-order valence-corrected chi connectivity index (χ1v) is 9.06. The molecule has 6 heteroatoms. The lowest BCUT2D eigenvalue weighted by Crippen LogP contribution is -2.38. The van der Waals surface area contributed by atoms with Crippen LogP contribution in [0.4, 0.5) is 0 Å². The van der Waals surface area contributed by atoms with Crippen molar-refractivity contribution in [3.05, 3.63) is 53.1 Å². The van der Waals surface area contributed by atoms with Crippen LogP contribution in [0.3, 0.4) is 0 Å². The van der Waals surface area contributed by atoms with E-state index in [1.807, 2.05) is 60.9 Å². The molecule has 0 radical (unpaired) electrons. The second-order valence-corrected chi connectivity index (χ2v) is 7.13. The first kappa shape index (κ1) is 16.7. The Morgan fingerprint density at radius 3 is 2.65 bits per heavy atom. The number of rotatable bonds is 3. The lowest BCUT2D eigenvalue weighted by atomic mass is 10.1. The molecule has 4 rings (SSSR count). The second kappa shape index (κ2) is 6.52. The molecule has 0 N–H and O–H groups in total. The van der Waals surface area contributed by atoms with E-state index in [4.69, 9.17) is 0 Å². The number of amides is 1. The zero-order valence-electron chi connectivity index (χ0n) is 15.4. The molecule has 0 bridgehead atoms. The van der Waals surface area contributed by atoms with E-state index in [1.54, 1.807) is 0 Å². The van der Waals surface area contributed by atoms with Gasteiger partial charge in [-0.1, -0.05) is 0 Å². The first-order chi connectivity index (χ1) is 12.5. The van der Waals surface area contributed by atoms with Gasteiger partial charge in [-0.15, -0.1) is 0 Å². The predicted octanol–water partition coefficient (Wildman–Crippen LogP) is 3.06. The molecule has 3 heterocycles. The molecule has 1 aliphatic heterocycles. The summed E-state index contributed by atoms with van der Waals surface area (Å²) in [6.07, 6.45) is 5.92. The Hall–Kier alpha value is -2.76. The van der Waals surface area contributed by atoms with Gasteiger partial charge in [0.2, 0.25) is 0 Å². The first-order valence-electron chi connectivity index (χ1n) is 9.06. The summed E-state index contributed by atoms with van der Waals surface area (Å²) < 4.78 is 1.93. The van der Waals surface area contributed by atoms with Crippen LogP contribution in [0.1, 0.15) is 40.2 Å². The Balaban J connectivity index is 1.59. The molecule has 134 valence electrons. The van der Waals surface area contributed by atoms with Crippen LogP contribution in [0, 0.1) is 20.8 Å². The van der Waals surface area contributed by atoms with Gasteiger partial charge in [0.25, 0.3) is 5.91 Å². The fourth-order valence-electron chi connectivity index (χ4n) is 3.61. The Morgan fingerprint density at radius 1 is 1.15 bits per heavy atom. The van der Waals surface area contributed by atoms with Gasteiger partial charge in [-0.3, -0.25) is 9.48 Å². The Labute approximate surface area is 152 Å². The van der Waals surface area contributed by atoms with Crippen molar-refractivity contribution < 1.29 is 4.79 Å². The molecule has 1 amide bonds. The van der Waals surface area contributed by atoms with Gasteiger partial charge in [0.1, 0.15) is 0 Å². The normalized spacial score (nSPS) is 17.2. The van der Waals surface area contributed by atoms with Crippen LogP contribution < -0.4 is 0 Å². The zero-order valence-corrected chi connectivity index (χ0v) is 15.4. The van der Waals surface area contributed by atoms with E-state index in [0.29, 0.717) is 5.56 Å². The Morgan fingerprint density at radius 2 is 1.92 bits per heavy atom. The van der Waals surface area contributed by atoms with Crippen LogP contribution in [0.5, 0.6) is 0 Å². The van der Waals surface area contributed by atoms with Crippen LogP contribution in [0.2, 0.25) is 0 Å². The lowest BCUT2D eigenvalue weighted by molar-refractivity contribution is 0.0722. The molecular formula is C20H23N5O. The van der Waals surface area contributed by atoms with Gasteiger partial charge in [-0.25, -0.2) is 9.97 Å². The van der Waals surface area contributed by atoms with E-state index in [-0.39, 0.29) is 11.9 Å². The molecule has 1 saturated heterocycles. The second-order valence-electron chi connectivity index (χ2n) is 7.13. The van der Waals surface area contributed by atoms with E-state index in [1.165, 1.54) is 0 Å². The minimum Gasteiger partial charge on any atom is -0.334 e. The number of carbonyl (C=O) groups excluding carboxylic acids is 1. The van der Waals surface area contributed by atoms with E-state index >= 15 is 0 Å². The van der Waals surface area contributed by atoms with Crippen molar-refractivity contribution in [1.29, 1.82) is 0 Å². The molecule has 1 aliphatic rings. The molecule has 2 aromatic heterocycles. The number of carbonyl (C=O) groups is 1. The van der Waals surface area contributed by atoms with Crippen molar-refractivity contribution in [2.45, 2.75) is 46.2 Å². The number of aryl methyl sites for hydroxylation is 3. The third kappa shape index (κ3) is 3.07. The maximum Gasteiger partial charge on any atom is 0.254 e. The van der Waals surface area contributed by atoms with Crippen molar-refractivity contribution in [3.63, 3.8) is 0 Å². The lowest BCUT2D eigenvalue weighted by Gasteiger charge is -2.25. The van der Waals surface area contributed by atoms with Crippen LogP contribution in [-0.2, 0) is 6.54 Å².